The third-order valence-electron chi connectivity index (χ3n) is 3.33. The van der Waals surface area contributed by atoms with E-state index in [4.69, 9.17) is 10.5 Å². The van der Waals surface area contributed by atoms with Gasteiger partial charge >= 0.3 is 0 Å². The third-order valence-corrected chi connectivity index (χ3v) is 3.33. The Hall–Kier alpha value is -2.16. The Morgan fingerprint density at radius 3 is 2.48 bits per heavy atom. The molecule has 0 aliphatic carbocycles. The molecule has 2 aromatic carbocycles. The van der Waals surface area contributed by atoms with Crippen molar-refractivity contribution in [1.29, 1.82) is 0 Å². The van der Waals surface area contributed by atoms with E-state index in [0.29, 0.717) is 12.3 Å². The van der Waals surface area contributed by atoms with Crippen molar-refractivity contribution >= 4 is 17.1 Å². The number of para-hydroxylation sites is 1. The van der Waals surface area contributed by atoms with Gasteiger partial charge in [0.05, 0.1) is 12.3 Å². The van der Waals surface area contributed by atoms with Crippen molar-refractivity contribution in [3.8, 4) is 5.75 Å². The fraction of sp³-hybridized carbons (Fsp3) is 0.333. The molecule has 21 heavy (non-hydrogen) atoms. The summed E-state index contributed by atoms with van der Waals surface area (Å²) < 4.78 is 5.55. The molecule has 0 bridgehead atoms. The van der Waals surface area contributed by atoms with Gasteiger partial charge in [0.2, 0.25) is 0 Å². The average Bonchev–Trinajstić information content (AvgIpc) is 2.42. The zero-order valence-electron chi connectivity index (χ0n) is 13.2. The Labute approximate surface area is 127 Å². The van der Waals surface area contributed by atoms with Gasteiger partial charge in [-0.15, -0.1) is 0 Å². The molecule has 3 N–H and O–H groups in total. The molecule has 0 saturated heterocycles. The maximum Gasteiger partial charge on any atom is 0.144 e. The van der Waals surface area contributed by atoms with Crippen molar-refractivity contribution in [2.24, 2.45) is 0 Å². The smallest absolute Gasteiger partial charge is 0.144 e. The Morgan fingerprint density at radius 2 is 1.81 bits per heavy atom. The van der Waals surface area contributed by atoms with Crippen LogP contribution in [0.1, 0.15) is 33.3 Å². The minimum absolute atomic E-state index is 0.0835. The molecule has 0 saturated carbocycles. The Bertz CT molecular complexity index is 615. The highest BCUT2D eigenvalue weighted by Crippen LogP contribution is 2.33. The van der Waals surface area contributed by atoms with E-state index >= 15 is 0 Å². The number of benzene rings is 2. The molecule has 2 rings (SSSR count). The lowest BCUT2D eigenvalue weighted by Crippen LogP contribution is -2.13. The van der Waals surface area contributed by atoms with Crippen LogP contribution in [-0.4, -0.2) is 6.61 Å². The molecular weight excluding hydrogens is 260 g/mol. The third kappa shape index (κ3) is 3.69. The van der Waals surface area contributed by atoms with Crippen LogP contribution in [0.3, 0.4) is 0 Å². The molecule has 0 heterocycles. The summed E-state index contributed by atoms with van der Waals surface area (Å²) >= 11 is 0. The first kappa shape index (κ1) is 15.2. The lowest BCUT2D eigenvalue weighted by atomic mass is 9.86. The second-order valence-corrected chi connectivity index (χ2v) is 6.11. The summed E-state index contributed by atoms with van der Waals surface area (Å²) in [5.41, 5.74) is 10.0. The molecule has 0 aliphatic rings. The largest absolute Gasteiger partial charge is 0.492 e. The monoisotopic (exact) mass is 284 g/mol. The number of ether oxygens (including phenoxy) is 1. The number of anilines is 3. The normalized spacial score (nSPS) is 11.2. The molecular formula is C18H24N2O. The molecule has 0 fully saturated rings. The van der Waals surface area contributed by atoms with Gasteiger partial charge in [0.1, 0.15) is 5.75 Å². The molecule has 0 amide bonds. The number of nitrogen functional groups attached to an aromatic ring is 1. The van der Waals surface area contributed by atoms with Gasteiger partial charge in [-0.05, 0) is 36.1 Å². The predicted molar refractivity (Wildman–Crippen MR) is 90.4 cm³/mol. The van der Waals surface area contributed by atoms with Gasteiger partial charge in [-0.1, -0.05) is 39.0 Å². The average molecular weight is 284 g/mol. The van der Waals surface area contributed by atoms with Gasteiger partial charge in [0.15, 0.2) is 0 Å². The van der Waals surface area contributed by atoms with E-state index in [2.05, 4.69) is 44.3 Å². The number of hydrogen-bond donors (Lipinski definition) is 2. The summed E-state index contributed by atoms with van der Waals surface area (Å²) in [6.07, 6.45) is 0. The van der Waals surface area contributed by atoms with Crippen molar-refractivity contribution in [2.75, 3.05) is 17.7 Å². The lowest BCUT2D eigenvalue weighted by Gasteiger charge is -2.23. The highest BCUT2D eigenvalue weighted by molar-refractivity contribution is 5.69. The molecule has 0 spiro atoms. The van der Waals surface area contributed by atoms with Gasteiger partial charge < -0.3 is 15.8 Å². The molecule has 0 radical (unpaired) electrons. The van der Waals surface area contributed by atoms with Crippen molar-refractivity contribution < 1.29 is 4.74 Å². The van der Waals surface area contributed by atoms with Crippen molar-refractivity contribution in [3.63, 3.8) is 0 Å². The van der Waals surface area contributed by atoms with Crippen LogP contribution in [0.4, 0.5) is 17.1 Å². The fourth-order valence-electron chi connectivity index (χ4n) is 2.29. The van der Waals surface area contributed by atoms with Crippen molar-refractivity contribution in [3.05, 3.63) is 48.0 Å². The maximum absolute atomic E-state index is 5.92. The Morgan fingerprint density at radius 1 is 1.10 bits per heavy atom. The standard InChI is InChI=1S/C18H24N2O/c1-5-21-17-12-13(10-11-15(17)19)20-16-9-7-6-8-14(16)18(2,3)4/h6-12,20H,5,19H2,1-4H3. The summed E-state index contributed by atoms with van der Waals surface area (Å²) in [6.45, 7) is 9.19. The summed E-state index contributed by atoms with van der Waals surface area (Å²) in [4.78, 5) is 0. The van der Waals surface area contributed by atoms with E-state index in [1.54, 1.807) is 0 Å². The molecule has 3 heteroatoms. The molecule has 0 atom stereocenters. The molecule has 112 valence electrons. The lowest BCUT2D eigenvalue weighted by molar-refractivity contribution is 0.342. The van der Waals surface area contributed by atoms with E-state index in [9.17, 15) is 0 Å². The van der Waals surface area contributed by atoms with Gasteiger partial charge in [0, 0.05) is 17.4 Å². The Kier molecular flexibility index (Phi) is 4.41. The first-order valence-electron chi connectivity index (χ1n) is 7.30. The SMILES string of the molecule is CCOc1cc(Nc2ccccc2C(C)(C)C)ccc1N. The van der Waals surface area contributed by atoms with E-state index in [1.807, 2.05) is 31.2 Å². The van der Waals surface area contributed by atoms with Crippen LogP contribution >= 0.6 is 0 Å². The number of hydrogen-bond acceptors (Lipinski definition) is 3. The summed E-state index contributed by atoms with van der Waals surface area (Å²) in [5, 5.41) is 3.47. The van der Waals surface area contributed by atoms with E-state index in [-0.39, 0.29) is 5.41 Å². The van der Waals surface area contributed by atoms with Crippen LogP contribution in [0.25, 0.3) is 0 Å². The molecule has 0 aromatic heterocycles. The minimum Gasteiger partial charge on any atom is -0.492 e. The molecule has 3 nitrogen and oxygen atoms in total. The summed E-state index contributed by atoms with van der Waals surface area (Å²) in [7, 11) is 0. The van der Waals surface area contributed by atoms with Crippen molar-refractivity contribution in [1.82, 2.24) is 0 Å². The van der Waals surface area contributed by atoms with Gasteiger partial charge in [-0.2, -0.15) is 0 Å². The van der Waals surface area contributed by atoms with Gasteiger partial charge in [0.25, 0.3) is 0 Å². The second-order valence-electron chi connectivity index (χ2n) is 6.11. The summed E-state index contributed by atoms with van der Waals surface area (Å²) in [6, 6.07) is 14.1. The first-order chi connectivity index (χ1) is 9.91. The second kappa shape index (κ2) is 6.08. The molecule has 2 aromatic rings. The van der Waals surface area contributed by atoms with Crippen LogP contribution in [0, 0.1) is 0 Å². The summed E-state index contributed by atoms with van der Waals surface area (Å²) in [5.74, 6) is 0.718. The van der Waals surface area contributed by atoms with Gasteiger partial charge in [-0.25, -0.2) is 0 Å². The van der Waals surface area contributed by atoms with Crippen molar-refractivity contribution in [2.45, 2.75) is 33.1 Å². The zero-order valence-corrected chi connectivity index (χ0v) is 13.2. The predicted octanol–water partition coefficient (Wildman–Crippen LogP) is 4.71. The topological polar surface area (TPSA) is 47.3 Å². The number of nitrogens with two attached hydrogens (primary N) is 1. The van der Waals surface area contributed by atoms with E-state index in [0.717, 1.165) is 17.1 Å². The first-order valence-corrected chi connectivity index (χ1v) is 7.30. The Balaban J connectivity index is 2.33. The van der Waals surface area contributed by atoms with Gasteiger partial charge in [-0.3, -0.25) is 0 Å². The number of nitrogens with one attached hydrogen (secondary N) is 1. The van der Waals surface area contributed by atoms with Crippen LogP contribution in [0.15, 0.2) is 42.5 Å². The van der Waals surface area contributed by atoms with Crippen LogP contribution in [-0.2, 0) is 5.41 Å². The highest BCUT2D eigenvalue weighted by atomic mass is 16.5. The van der Waals surface area contributed by atoms with E-state index in [1.165, 1.54) is 5.56 Å². The minimum atomic E-state index is 0.0835. The maximum atomic E-state index is 5.92. The number of rotatable bonds is 4. The van der Waals surface area contributed by atoms with Crippen LogP contribution in [0.5, 0.6) is 5.75 Å². The highest BCUT2D eigenvalue weighted by Gasteiger charge is 2.17. The van der Waals surface area contributed by atoms with Crippen LogP contribution in [0.2, 0.25) is 0 Å². The quantitative estimate of drug-likeness (QED) is 0.799. The fourth-order valence-corrected chi connectivity index (χ4v) is 2.29. The molecule has 0 aliphatic heterocycles. The molecule has 0 unspecified atom stereocenters. The van der Waals surface area contributed by atoms with Crippen LogP contribution < -0.4 is 15.8 Å². The zero-order chi connectivity index (χ0) is 15.5. The van der Waals surface area contributed by atoms with E-state index < -0.39 is 0 Å².